The lowest BCUT2D eigenvalue weighted by molar-refractivity contribution is 0.729. The zero-order valence-corrected chi connectivity index (χ0v) is 15.3. The zero-order chi connectivity index (χ0) is 19.1. The number of fused-ring (bicyclic) bond motifs is 2. The summed E-state index contributed by atoms with van der Waals surface area (Å²) in [4.78, 5) is 8.69. The molecule has 0 spiro atoms. The summed E-state index contributed by atoms with van der Waals surface area (Å²) in [6.07, 6.45) is 4.42. The van der Waals surface area contributed by atoms with Crippen molar-refractivity contribution in [2.45, 2.75) is 13.3 Å². The SMILES string of the molecule is Cc1cc(Nc2ncnc3ccc(N)cc23)ccc1Cc1ccn2[nH]nc2c1. The highest BCUT2D eigenvalue weighted by Gasteiger charge is 2.08. The molecule has 0 saturated carbocycles. The maximum atomic E-state index is 5.93. The highest BCUT2D eigenvalue weighted by molar-refractivity contribution is 5.92. The van der Waals surface area contributed by atoms with Crippen LogP contribution in [0.1, 0.15) is 16.7 Å². The molecule has 5 rings (SSSR count). The van der Waals surface area contributed by atoms with Crippen molar-refractivity contribution in [1.29, 1.82) is 0 Å². The molecule has 0 aliphatic carbocycles. The average molecular weight is 369 g/mol. The lowest BCUT2D eigenvalue weighted by Gasteiger charge is -2.12. The van der Waals surface area contributed by atoms with E-state index in [0.717, 1.165) is 34.5 Å². The minimum absolute atomic E-state index is 0.690. The second-order valence-corrected chi connectivity index (χ2v) is 6.92. The van der Waals surface area contributed by atoms with E-state index >= 15 is 0 Å². The zero-order valence-electron chi connectivity index (χ0n) is 15.3. The van der Waals surface area contributed by atoms with Crippen molar-refractivity contribution >= 4 is 33.7 Å². The summed E-state index contributed by atoms with van der Waals surface area (Å²) in [6, 6.07) is 16.2. The molecular weight excluding hydrogens is 350 g/mol. The van der Waals surface area contributed by atoms with E-state index in [0.29, 0.717) is 5.69 Å². The summed E-state index contributed by atoms with van der Waals surface area (Å²) >= 11 is 0. The van der Waals surface area contributed by atoms with Crippen LogP contribution in [0.3, 0.4) is 0 Å². The van der Waals surface area contributed by atoms with Crippen molar-refractivity contribution in [3.8, 4) is 0 Å². The monoisotopic (exact) mass is 369 g/mol. The first-order valence-electron chi connectivity index (χ1n) is 9.04. The van der Waals surface area contributed by atoms with Gasteiger partial charge in [-0.3, -0.25) is 0 Å². The number of nitrogens with two attached hydrogens (primary N) is 1. The fourth-order valence-electron chi connectivity index (χ4n) is 3.37. The first-order chi connectivity index (χ1) is 13.7. The lowest BCUT2D eigenvalue weighted by atomic mass is 10.0. The molecule has 0 aliphatic heterocycles. The summed E-state index contributed by atoms with van der Waals surface area (Å²) in [5.74, 6) is 0.748. The van der Waals surface area contributed by atoms with Gasteiger partial charge in [-0.15, -0.1) is 5.10 Å². The van der Waals surface area contributed by atoms with Crippen LogP contribution in [0.2, 0.25) is 0 Å². The van der Waals surface area contributed by atoms with Gasteiger partial charge in [0.05, 0.1) is 5.52 Å². The Labute approximate surface area is 161 Å². The molecule has 138 valence electrons. The maximum absolute atomic E-state index is 5.93. The number of anilines is 3. The molecule has 3 heterocycles. The number of pyridine rings is 1. The van der Waals surface area contributed by atoms with E-state index < -0.39 is 0 Å². The average Bonchev–Trinajstić information content (AvgIpc) is 2.66. The molecule has 5 aromatic rings. The topological polar surface area (TPSA) is 96.9 Å². The van der Waals surface area contributed by atoms with Gasteiger partial charge in [0.15, 0.2) is 5.65 Å². The van der Waals surface area contributed by atoms with E-state index in [-0.39, 0.29) is 0 Å². The number of hydrogen-bond donors (Lipinski definition) is 3. The largest absolute Gasteiger partial charge is 0.399 e. The number of H-pyrrole nitrogens is 1. The second-order valence-electron chi connectivity index (χ2n) is 6.92. The molecular formula is C21H19N7. The van der Waals surface area contributed by atoms with Crippen molar-refractivity contribution in [2.75, 3.05) is 11.1 Å². The Morgan fingerprint density at radius 3 is 2.79 bits per heavy atom. The predicted octanol–water partition coefficient (Wildman–Crippen LogP) is 3.83. The van der Waals surface area contributed by atoms with Gasteiger partial charge in [-0.2, -0.15) is 0 Å². The van der Waals surface area contributed by atoms with Crippen LogP contribution in [-0.4, -0.2) is 24.8 Å². The molecule has 0 unspecified atom stereocenters. The van der Waals surface area contributed by atoms with E-state index in [9.17, 15) is 0 Å². The van der Waals surface area contributed by atoms with Gasteiger partial charge in [0, 0.05) is 23.0 Å². The van der Waals surface area contributed by atoms with E-state index in [4.69, 9.17) is 5.73 Å². The van der Waals surface area contributed by atoms with Crippen LogP contribution in [0, 0.1) is 6.92 Å². The number of hydrogen-bond acceptors (Lipinski definition) is 5. The second kappa shape index (κ2) is 6.38. The summed E-state index contributed by atoms with van der Waals surface area (Å²) in [5.41, 5.74) is 13.1. The molecule has 0 aliphatic rings. The van der Waals surface area contributed by atoms with Crippen LogP contribution >= 0.6 is 0 Å². The molecule has 0 bridgehead atoms. The van der Waals surface area contributed by atoms with Crippen molar-refractivity contribution < 1.29 is 0 Å². The molecule has 0 atom stereocenters. The predicted molar refractivity (Wildman–Crippen MR) is 111 cm³/mol. The first-order valence-corrected chi connectivity index (χ1v) is 9.04. The van der Waals surface area contributed by atoms with Crippen molar-refractivity contribution in [1.82, 2.24) is 24.8 Å². The van der Waals surface area contributed by atoms with Crippen LogP contribution in [0.25, 0.3) is 16.6 Å². The number of nitrogens with zero attached hydrogens (tertiary/aromatic N) is 4. The van der Waals surface area contributed by atoms with Gasteiger partial charge >= 0.3 is 0 Å². The molecule has 7 nitrogen and oxygen atoms in total. The van der Waals surface area contributed by atoms with Gasteiger partial charge in [-0.1, -0.05) is 6.07 Å². The minimum Gasteiger partial charge on any atom is -0.399 e. The number of nitrogen functional groups attached to an aromatic ring is 1. The molecule has 0 radical (unpaired) electrons. The normalized spacial score (nSPS) is 11.3. The summed E-state index contributed by atoms with van der Waals surface area (Å²) in [7, 11) is 0. The number of aryl methyl sites for hydroxylation is 1. The third kappa shape index (κ3) is 2.92. The molecule has 0 saturated heterocycles. The number of rotatable bonds is 4. The van der Waals surface area contributed by atoms with E-state index in [1.165, 1.54) is 16.7 Å². The third-order valence-corrected chi connectivity index (χ3v) is 4.93. The van der Waals surface area contributed by atoms with Crippen molar-refractivity contribution in [3.63, 3.8) is 0 Å². The first kappa shape index (κ1) is 16.3. The molecule has 0 fully saturated rings. The number of benzene rings is 2. The highest BCUT2D eigenvalue weighted by atomic mass is 15.5. The molecule has 7 heteroatoms. The molecule has 28 heavy (non-hydrogen) atoms. The summed E-state index contributed by atoms with van der Waals surface area (Å²) < 4.78 is 1.89. The van der Waals surface area contributed by atoms with Gasteiger partial charge in [0.25, 0.3) is 0 Å². The summed E-state index contributed by atoms with van der Waals surface area (Å²) in [6.45, 7) is 2.12. The van der Waals surface area contributed by atoms with Gasteiger partial charge in [0.1, 0.15) is 12.1 Å². The smallest absolute Gasteiger partial charge is 0.174 e. The fourth-order valence-corrected chi connectivity index (χ4v) is 3.37. The molecule has 4 N–H and O–H groups in total. The minimum atomic E-state index is 0.690. The van der Waals surface area contributed by atoms with Crippen molar-refractivity contribution in [2.24, 2.45) is 0 Å². The molecule has 2 aromatic carbocycles. The van der Waals surface area contributed by atoms with E-state index in [2.05, 4.69) is 62.9 Å². The Balaban J connectivity index is 1.42. The Morgan fingerprint density at radius 1 is 1.07 bits per heavy atom. The van der Waals surface area contributed by atoms with Crippen LogP contribution in [-0.2, 0) is 6.42 Å². The Bertz CT molecular complexity index is 1300. The quantitative estimate of drug-likeness (QED) is 0.418. The van der Waals surface area contributed by atoms with E-state index in [1.807, 2.05) is 28.9 Å². The van der Waals surface area contributed by atoms with Crippen LogP contribution in [0.4, 0.5) is 17.2 Å². The van der Waals surface area contributed by atoms with Gasteiger partial charge in [-0.25, -0.2) is 19.7 Å². The Kier molecular flexibility index (Phi) is 3.72. The van der Waals surface area contributed by atoms with Gasteiger partial charge < -0.3 is 11.1 Å². The van der Waals surface area contributed by atoms with Crippen LogP contribution in [0.15, 0.2) is 61.1 Å². The molecule has 0 amide bonds. The van der Waals surface area contributed by atoms with Gasteiger partial charge in [-0.05, 0) is 72.5 Å². The maximum Gasteiger partial charge on any atom is 0.174 e. The summed E-state index contributed by atoms with van der Waals surface area (Å²) in [5, 5.41) is 11.3. The number of nitrogens with one attached hydrogen (secondary N) is 2. The standard InChI is InChI=1S/C21H19N7/c1-13-8-17(25-21-18-11-16(22)3-5-19(18)23-12-24-21)4-2-15(13)9-14-6-7-28-20(10-14)26-27-28/h2-8,10-12,27H,9,22H2,1H3,(H,23,24,25). The van der Waals surface area contributed by atoms with Crippen LogP contribution < -0.4 is 11.1 Å². The Morgan fingerprint density at radius 2 is 2.00 bits per heavy atom. The third-order valence-electron chi connectivity index (χ3n) is 4.93. The Hall–Kier alpha value is -3.87. The lowest BCUT2D eigenvalue weighted by Crippen LogP contribution is -2.05. The van der Waals surface area contributed by atoms with Crippen LogP contribution in [0.5, 0.6) is 0 Å². The number of aromatic nitrogens is 5. The van der Waals surface area contributed by atoms with Crippen molar-refractivity contribution in [3.05, 3.63) is 77.7 Å². The highest BCUT2D eigenvalue weighted by Crippen LogP contribution is 2.26. The van der Waals surface area contributed by atoms with Gasteiger partial charge in [0.2, 0.25) is 0 Å². The fraction of sp³-hybridized carbons (Fsp3) is 0.0952. The van der Waals surface area contributed by atoms with E-state index in [1.54, 1.807) is 6.33 Å². The molecule has 3 aromatic heterocycles. The number of aromatic amines is 1.